The quantitative estimate of drug-likeness (QED) is 0.735. The van der Waals surface area contributed by atoms with Crippen LogP contribution in [0.2, 0.25) is 0 Å². The van der Waals surface area contributed by atoms with Crippen molar-refractivity contribution in [2.75, 3.05) is 0 Å². The molecular weight excluding hydrogens is 272 g/mol. The molecule has 0 amide bonds. The summed E-state index contributed by atoms with van der Waals surface area (Å²) in [7, 11) is 0. The summed E-state index contributed by atoms with van der Waals surface area (Å²) in [6.45, 7) is 12.2. The molecule has 2 aromatic rings. The molecular formula is C20H28O2. The Labute approximate surface area is 135 Å². The third-order valence-electron chi connectivity index (χ3n) is 2.72. The molecule has 2 heteroatoms. The van der Waals surface area contributed by atoms with E-state index < -0.39 is 0 Å². The average molecular weight is 300 g/mol. The molecule has 0 aliphatic carbocycles. The second kappa shape index (κ2) is 9.14. The molecule has 0 saturated heterocycles. The SMILES string of the molecule is Cc1cccc(OC(C)C)c1.Cc1cccc(OC(C)C)c1. The van der Waals surface area contributed by atoms with Gasteiger partial charge < -0.3 is 9.47 Å². The van der Waals surface area contributed by atoms with Gasteiger partial charge >= 0.3 is 0 Å². The van der Waals surface area contributed by atoms with Crippen LogP contribution in [0.4, 0.5) is 0 Å². The number of hydrogen-bond donors (Lipinski definition) is 0. The summed E-state index contributed by atoms with van der Waals surface area (Å²) in [6.07, 6.45) is 0.522. The molecule has 0 heterocycles. The van der Waals surface area contributed by atoms with Gasteiger partial charge in [0.2, 0.25) is 0 Å². The molecule has 0 fully saturated rings. The third kappa shape index (κ3) is 7.72. The Morgan fingerprint density at radius 2 is 1.00 bits per heavy atom. The molecule has 2 nitrogen and oxygen atoms in total. The first-order valence-electron chi connectivity index (χ1n) is 7.83. The van der Waals surface area contributed by atoms with Crippen LogP contribution in [0, 0.1) is 13.8 Å². The largest absolute Gasteiger partial charge is 0.491 e. The van der Waals surface area contributed by atoms with Crippen molar-refractivity contribution >= 4 is 0 Å². The number of hydrogen-bond acceptors (Lipinski definition) is 2. The van der Waals surface area contributed by atoms with Crippen molar-refractivity contribution in [3.05, 3.63) is 59.7 Å². The maximum Gasteiger partial charge on any atom is 0.119 e. The molecule has 2 aromatic carbocycles. The predicted octanol–water partition coefficient (Wildman–Crippen LogP) is 5.56. The molecule has 0 unspecified atom stereocenters. The minimum Gasteiger partial charge on any atom is -0.491 e. The summed E-state index contributed by atoms with van der Waals surface area (Å²) in [4.78, 5) is 0. The fraction of sp³-hybridized carbons (Fsp3) is 0.400. The maximum absolute atomic E-state index is 5.50. The summed E-state index contributed by atoms with van der Waals surface area (Å²) in [6, 6.07) is 16.2. The summed E-state index contributed by atoms with van der Waals surface area (Å²) in [5.74, 6) is 1.92. The van der Waals surface area contributed by atoms with Gasteiger partial charge in [-0.15, -0.1) is 0 Å². The van der Waals surface area contributed by atoms with Crippen LogP contribution in [0.5, 0.6) is 11.5 Å². The van der Waals surface area contributed by atoms with Crippen molar-refractivity contribution in [2.24, 2.45) is 0 Å². The minimum absolute atomic E-state index is 0.261. The Morgan fingerprint density at radius 3 is 1.27 bits per heavy atom. The molecule has 0 aliphatic heterocycles. The van der Waals surface area contributed by atoms with E-state index in [1.807, 2.05) is 64.1 Å². The van der Waals surface area contributed by atoms with E-state index in [0.717, 1.165) is 11.5 Å². The van der Waals surface area contributed by atoms with Crippen LogP contribution in [0.25, 0.3) is 0 Å². The van der Waals surface area contributed by atoms with Crippen molar-refractivity contribution in [1.29, 1.82) is 0 Å². The smallest absolute Gasteiger partial charge is 0.119 e. The van der Waals surface area contributed by atoms with E-state index in [4.69, 9.17) is 9.47 Å². The molecule has 0 bridgehead atoms. The number of benzene rings is 2. The van der Waals surface area contributed by atoms with Crippen LogP contribution in [0.1, 0.15) is 38.8 Å². The van der Waals surface area contributed by atoms with Gasteiger partial charge in [0, 0.05) is 0 Å². The molecule has 0 spiro atoms. The zero-order valence-electron chi connectivity index (χ0n) is 14.6. The van der Waals surface area contributed by atoms with Gasteiger partial charge in [0.25, 0.3) is 0 Å². The zero-order valence-corrected chi connectivity index (χ0v) is 14.6. The molecule has 22 heavy (non-hydrogen) atoms. The van der Waals surface area contributed by atoms with Crippen molar-refractivity contribution < 1.29 is 9.47 Å². The van der Waals surface area contributed by atoms with Crippen molar-refractivity contribution in [3.63, 3.8) is 0 Å². The lowest BCUT2D eigenvalue weighted by Gasteiger charge is -2.09. The molecule has 0 aliphatic rings. The molecule has 0 aromatic heterocycles. The lowest BCUT2D eigenvalue weighted by molar-refractivity contribution is 0.242. The van der Waals surface area contributed by atoms with Crippen molar-refractivity contribution in [2.45, 2.75) is 53.8 Å². The monoisotopic (exact) mass is 300 g/mol. The fourth-order valence-corrected chi connectivity index (χ4v) is 1.92. The highest BCUT2D eigenvalue weighted by molar-refractivity contribution is 5.28. The highest BCUT2D eigenvalue weighted by Crippen LogP contribution is 2.14. The van der Waals surface area contributed by atoms with E-state index in [2.05, 4.69) is 26.0 Å². The van der Waals surface area contributed by atoms with Gasteiger partial charge in [0.15, 0.2) is 0 Å². The zero-order chi connectivity index (χ0) is 16.5. The second-order valence-corrected chi connectivity index (χ2v) is 5.97. The van der Waals surface area contributed by atoms with Crippen molar-refractivity contribution in [3.8, 4) is 11.5 Å². The highest BCUT2D eigenvalue weighted by atomic mass is 16.5. The summed E-state index contributed by atoms with van der Waals surface area (Å²) in [5.41, 5.74) is 2.48. The number of rotatable bonds is 4. The first-order chi connectivity index (χ1) is 10.4. The first-order valence-corrected chi connectivity index (χ1v) is 7.83. The normalized spacial score (nSPS) is 10.2. The maximum atomic E-state index is 5.50. The standard InChI is InChI=1S/2C10H14O/c2*1-8(2)11-10-6-4-5-9(3)7-10/h2*4-8H,1-3H3. The molecule has 2 rings (SSSR count). The topological polar surface area (TPSA) is 18.5 Å². The summed E-state index contributed by atoms with van der Waals surface area (Å²) >= 11 is 0. The number of aryl methyl sites for hydroxylation is 2. The minimum atomic E-state index is 0.261. The number of ether oxygens (including phenoxy) is 2. The molecule has 0 atom stereocenters. The van der Waals surface area contributed by atoms with Gasteiger partial charge in [-0.2, -0.15) is 0 Å². The molecule has 0 saturated carbocycles. The molecule has 120 valence electrons. The van der Waals surface area contributed by atoms with Gasteiger partial charge in [0.1, 0.15) is 11.5 Å². The van der Waals surface area contributed by atoms with E-state index in [1.165, 1.54) is 11.1 Å². The van der Waals surface area contributed by atoms with E-state index >= 15 is 0 Å². The molecule has 0 N–H and O–H groups in total. The summed E-state index contributed by atoms with van der Waals surface area (Å²) in [5, 5.41) is 0. The van der Waals surface area contributed by atoms with E-state index in [-0.39, 0.29) is 12.2 Å². The third-order valence-corrected chi connectivity index (χ3v) is 2.72. The average Bonchev–Trinajstić information content (AvgIpc) is 2.37. The molecule has 0 radical (unpaired) electrons. The predicted molar refractivity (Wildman–Crippen MR) is 93.9 cm³/mol. The second-order valence-electron chi connectivity index (χ2n) is 5.97. The highest BCUT2D eigenvalue weighted by Gasteiger charge is 1.96. The Hall–Kier alpha value is -1.96. The Morgan fingerprint density at radius 1 is 0.636 bits per heavy atom. The fourth-order valence-electron chi connectivity index (χ4n) is 1.92. The first kappa shape index (κ1) is 18.1. The van der Waals surface area contributed by atoms with E-state index in [9.17, 15) is 0 Å². The van der Waals surface area contributed by atoms with Gasteiger partial charge in [-0.25, -0.2) is 0 Å². The van der Waals surface area contributed by atoms with Gasteiger partial charge in [-0.05, 0) is 76.9 Å². The van der Waals surface area contributed by atoms with Crippen LogP contribution in [0.15, 0.2) is 48.5 Å². The van der Waals surface area contributed by atoms with Crippen LogP contribution in [-0.2, 0) is 0 Å². The van der Waals surface area contributed by atoms with Crippen LogP contribution >= 0.6 is 0 Å². The van der Waals surface area contributed by atoms with Crippen LogP contribution < -0.4 is 9.47 Å². The van der Waals surface area contributed by atoms with Crippen molar-refractivity contribution in [1.82, 2.24) is 0 Å². The van der Waals surface area contributed by atoms with Gasteiger partial charge in [-0.3, -0.25) is 0 Å². The Kier molecular flexibility index (Phi) is 7.51. The van der Waals surface area contributed by atoms with Gasteiger partial charge in [0.05, 0.1) is 12.2 Å². The van der Waals surface area contributed by atoms with E-state index in [1.54, 1.807) is 0 Å². The Balaban J connectivity index is 0.000000220. The van der Waals surface area contributed by atoms with Crippen LogP contribution in [-0.4, -0.2) is 12.2 Å². The van der Waals surface area contributed by atoms with Gasteiger partial charge in [-0.1, -0.05) is 24.3 Å². The van der Waals surface area contributed by atoms with E-state index in [0.29, 0.717) is 0 Å². The lowest BCUT2D eigenvalue weighted by Crippen LogP contribution is -2.05. The Bertz CT molecular complexity index is 508. The summed E-state index contributed by atoms with van der Waals surface area (Å²) < 4.78 is 11.0. The van der Waals surface area contributed by atoms with Crippen LogP contribution in [0.3, 0.4) is 0 Å². The lowest BCUT2D eigenvalue weighted by atomic mass is 10.2.